The number of nitrogens with zero attached hydrogens (tertiary/aromatic N) is 1. The van der Waals surface area contributed by atoms with E-state index in [9.17, 15) is 4.79 Å². The fourth-order valence-corrected chi connectivity index (χ4v) is 4.65. The number of thioether (sulfide) groups is 1. The highest BCUT2D eigenvalue weighted by Gasteiger charge is 2.32. The van der Waals surface area contributed by atoms with Gasteiger partial charge in [-0.1, -0.05) is 24.6 Å². The summed E-state index contributed by atoms with van der Waals surface area (Å²) in [4.78, 5) is 15.1. The molecule has 23 heavy (non-hydrogen) atoms. The molecule has 0 unspecified atom stereocenters. The minimum Gasteiger partial charge on any atom is -0.330 e. The molecule has 0 radical (unpaired) electrons. The number of carbonyl (C=O) groups is 1. The number of benzene rings is 1. The van der Waals surface area contributed by atoms with Crippen molar-refractivity contribution < 1.29 is 4.79 Å². The van der Waals surface area contributed by atoms with Gasteiger partial charge in [0.15, 0.2) is 0 Å². The van der Waals surface area contributed by atoms with E-state index in [0.29, 0.717) is 12.5 Å². The number of nitrogens with two attached hydrogens (primary N) is 1. The van der Waals surface area contributed by atoms with Crippen molar-refractivity contribution >= 4 is 23.4 Å². The monoisotopic (exact) mass is 333 g/mol. The van der Waals surface area contributed by atoms with Gasteiger partial charge in [-0.25, -0.2) is 0 Å². The van der Waals surface area contributed by atoms with E-state index in [1.54, 1.807) is 0 Å². The number of anilines is 1. The molecule has 1 aliphatic heterocycles. The van der Waals surface area contributed by atoms with E-state index >= 15 is 0 Å². The molecule has 1 aromatic carbocycles. The summed E-state index contributed by atoms with van der Waals surface area (Å²) in [6.07, 6.45) is 3.17. The van der Waals surface area contributed by atoms with E-state index in [4.69, 9.17) is 5.73 Å². The van der Waals surface area contributed by atoms with Crippen molar-refractivity contribution in [1.29, 1.82) is 0 Å². The fraction of sp³-hybridized carbons (Fsp3) is 0.611. The van der Waals surface area contributed by atoms with Crippen LogP contribution in [0.5, 0.6) is 0 Å². The second-order valence-corrected chi connectivity index (χ2v) is 7.79. The van der Waals surface area contributed by atoms with E-state index in [0.717, 1.165) is 44.6 Å². The number of para-hydroxylation sites is 1. The Balaban J connectivity index is 1.66. The Kier molecular flexibility index (Phi) is 5.97. The highest BCUT2D eigenvalue weighted by molar-refractivity contribution is 7.99. The average Bonchev–Trinajstić information content (AvgIpc) is 3.06. The lowest BCUT2D eigenvalue weighted by atomic mass is 9.95. The number of carbonyl (C=O) groups excluding carboxylic acids is 1. The van der Waals surface area contributed by atoms with Gasteiger partial charge >= 0.3 is 0 Å². The highest BCUT2D eigenvalue weighted by Crippen LogP contribution is 2.32. The van der Waals surface area contributed by atoms with E-state index < -0.39 is 0 Å². The maximum atomic E-state index is 12.6. The maximum Gasteiger partial charge on any atom is 0.227 e. The van der Waals surface area contributed by atoms with Gasteiger partial charge in [0.2, 0.25) is 5.91 Å². The van der Waals surface area contributed by atoms with Crippen LogP contribution in [0.4, 0.5) is 5.69 Å². The first kappa shape index (κ1) is 16.8. The number of amides is 1. The first-order valence-electron chi connectivity index (χ1n) is 8.67. The van der Waals surface area contributed by atoms with Gasteiger partial charge in [0, 0.05) is 42.7 Å². The van der Waals surface area contributed by atoms with E-state index in [-0.39, 0.29) is 11.8 Å². The Morgan fingerprint density at radius 3 is 2.83 bits per heavy atom. The Morgan fingerprint density at radius 2 is 2.04 bits per heavy atom. The lowest BCUT2D eigenvalue weighted by Crippen LogP contribution is -2.33. The molecule has 4 nitrogen and oxygen atoms in total. The zero-order valence-corrected chi connectivity index (χ0v) is 14.5. The smallest absolute Gasteiger partial charge is 0.227 e. The zero-order chi connectivity index (χ0) is 16.1. The van der Waals surface area contributed by atoms with Crippen molar-refractivity contribution in [3.05, 3.63) is 29.8 Å². The van der Waals surface area contributed by atoms with Crippen molar-refractivity contribution in [1.82, 2.24) is 4.90 Å². The Labute approximate surface area is 143 Å². The molecule has 1 amide bonds. The molecular weight excluding hydrogens is 306 g/mol. The zero-order valence-electron chi connectivity index (χ0n) is 13.7. The first-order chi connectivity index (χ1) is 11.3. The molecule has 2 fully saturated rings. The highest BCUT2D eigenvalue weighted by atomic mass is 32.2. The van der Waals surface area contributed by atoms with Crippen molar-refractivity contribution in [3.63, 3.8) is 0 Å². The summed E-state index contributed by atoms with van der Waals surface area (Å²) in [7, 11) is 0. The lowest BCUT2D eigenvalue weighted by molar-refractivity contribution is -0.120. The number of nitrogens with one attached hydrogen (secondary N) is 1. The Morgan fingerprint density at radius 1 is 1.26 bits per heavy atom. The molecule has 2 aliphatic rings. The summed E-state index contributed by atoms with van der Waals surface area (Å²) >= 11 is 2.02. The molecule has 2 atom stereocenters. The van der Waals surface area contributed by atoms with Crippen LogP contribution in [0.25, 0.3) is 0 Å². The summed E-state index contributed by atoms with van der Waals surface area (Å²) in [6, 6.07) is 8.22. The molecule has 1 saturated heterocycles. The van der Waals surface area contributed by atoms with Crippen molar-refractivity contribution in [2.75, 3.05) is 36.5 Å². The molecule has 3 N–H and O–H groups in total. The molecule has 126 valence electrons. The second kappa shape index (κ2) is 8.18. The third-order valence-electron chi connectivity index (χ3n) is 5.07. The third kappa shape index (κ3) is 4.28. The van der Waals surface area contributed by atoms with Gasteiger partial charge < -0.3 is 11.1 Å². The molecule has 1 heterocycles. The number of rotatable bonds is 5. The van der Waals surface area contributed by atoms with Crippen molar-refractivity contribution in [3.8, 4) is 0 Å². The van der Waals surface area contributed by atoms with Crippen LogP contribution in [-0.4, -0.2) is 41.9 Å². The van der Waals surface area contributed by atoms with Crippen LogP contribution >= 0.6 is 11.8 Å². The topological polar surface area (TPSA) is 58.4 Å². The van der Waals surface area contributed by atoms with Gasteiger partial charge in [-0.15, -0.1) is 0 Å². The fourth-order valence-electron chi connectivity index (χ4n) is 3.67. The van der Waals surface area contributed by atoms with Gasteiger partial charge in [0.25, 0.3) is 0 Å². The third-order valence-corrected chi connectivity index (χ3v) is 6.01. The van der Waals surface area contributed by atoms with Crippen molar-refractivity contribution in [2.45, 2.75) is 25.8 Å². The predicted octanol–water partition coefficient (Wildman–Crippen LogP) is 2.55. The van der Waals surface area contributed by atoms with E-state index in [1.165, 1.54) is 17.1 Å². The van der Waals surface area contributed by atoms with Gasteiger partial charge in [0.05, 0.1) is 0 Å². The molecular formula is C18H27N3OS. The molecule has 1 aromatic rings. The summed E-state index contributed by atoms with van der Waals surface area (Å²) in [5.41, 5.74) is 8.01. The Bertz CT molecular complexity index is 531. The second-order valence-electron chi connectivity index (χ2n) is 6.57. The maximum absolute atomic E-state index is 12.6. The van der Waals surface area contributed by atoms with Gasteiger partial charge in [-0.2, -0.15) is 11.8 Å². The minimum atomic E-state index is 0.0828. The molecule has 1 aliphatic carbocycles. The summed E-state index contributed by atoms with van der Waals surface area (Å²) in [5.74, 6) is 2.99. The minimum absolute atomic E-state index is 0.0828. The molecule has 1 saturated carbocycles. The van der Waals surface area contributed by atoms with Crippen LogP contribution in [0.2, 0.25) is 0 Å². The van der Waals surface area contributed by atoms with Crippen LogP contribution in [0.1, 0.15) is 24.8 Å². The molecule has 0 aromatic heterocycles. The summed E-state index contributed by atoms with van der Waals surface area (Å²) in [5, 5.41) is 3.18. The van der Waals surface area contributed by atoms with Gasteiger partial charge in [-0.05, 0) is 36.9 Å². The van der Waals surface area contributed by atoms with Gasteiger partial charge in [0.1, 0.15) is 0 Å². The average molecular weight is 334 g/mol. The summed E-state index contributed by atoms with van der Waals surface area (Å²) in [6.45, 7) is 3.79. The largest absolute Gasteiger partial charge is 0.330 e. The van der Waals surface area contributed by atoms with Gasteiger partial charge in [-0.3, -0.25) is 9.69 Å². The van der Waals surface area contributed by atoms with E-state index in [2.05, 4.69) is 22.3 Å². The normalized spacial score (nSPS) is 25.4. The Hall–Kier alpha value is -1.04. The van der Waals surface area contributed by atoms with E-state index in [1.807, 2.05) is 23.9 Å². The van der Waals surface area contributed by atoms with Crippen molar-refractivity contribution in [2.24, 2.45) is 17.6 Å². The molecule has 3 rings (SSSR count). The van der Waals surface area contributed by atoms with Crippen LogP contribution in [0.15, 0.2) is 24.3 Å². The van der Waals surface area contributed by atoms with Crippen LogP contribution in [0, 0.1) is 11.8 Å². The lowest BCUT2D eigenvalue weighted by Gasteiger charge is -2.27. The first-order valence-corrected chi connectivity index (χ1v) is 9.82. The molecule has 0 bridgehead atoms. The van der Waals surface area contributed by atoms with Crippen LogP contribution in [-0.2, 0) is 11.3 Å². The molecule has 0 spiro atoms. The molecule has 5 heteroatoms. The van der Waals surface area contributed by atoms with Crippen LogP contribution < -0.4 is 11.1 Å². The SMILES string of the molecule is NC[C@H]1CCC[C@H]1C(=O)Nc1ccccc1CN1CCSCC1. The quantitative estimate of drug-likeness (QED) is 0.869. The predicted molar refractivity (Wildman–Crippen MR) is 97.6 cm³/mol. The summed E-state index contributed by atoms with van der Waals surface area (Å²) < 4.78 is 0. The standard InChI is InChI=1S/C18H27N3OS/c19-12-14-5-3-6-16(14)18(22)20-17-7-2-1-4-15(17)13-21-8-10-23-11-9-21/h1-2,4,7,14,16H,3,5-6,8-13,19H2,(H,20,22)/t14-,16-/m1/s1. The number of hydrogen-bond acceptors (Lipinski definition) is 4. The number of hydrogen-bond donors (Lipinski definition) is 2. The van der Waals surface area contributed by atoms with Crippen LogP contribution in [0.3, 0.4) is 0 Å².